The normalized spacial score (nSPS) is 13.5. The van der Waals surface area contributed by atoms with Crippen LogP contribution in [0, 0.1) is 20.8 Å². The molecule has 1 aliphatic rings. The van der Waals surface area contributed by atoms with Crippen molar-refractivity contribution >= 4 is 28.2 Å². The van der Waals surface area contributed by atoms with Crippen LogP contribution in [0.4, 0.5) is 5.13 Å². The van der Waals surface area contributed by atoms with Gasteiger partial charge in [-0.1, -0.05) is 23.8 Å². The molecule has 2 heterocycles. The van der Waals surface area contributed by atoms with Gasteiger partial charge in [0.1, 0.15) is 5.76 Å². The summed E-state index contributed by atoms with van der Waals surface area (Å²) in [6.07, 6.45) is 1.98. The van der Waals surface area contributed by atoms with Crippen molar-refractivity contribution in [2.45, 2.75) is 40.0 Å². The zero-order valence-electron chi connectivity index (χ0n) is 15.5. The van der Waals surface area contributed by atoms with E-state index >= 15 is 0 Å². The first-order valence-electron chi connectivity index (χ1n) is 8.94. The Bertz CT molecular complexity index is 1060. The number of ketones is 1. The Balaban J connectivity index is 1.58. The van der Waals surface area contributed by atoms with Crippen LogP contribution in [0.2, 0.25) is 0 Å². The third kappa shape index (κ3) is 3.21. The van der Waals surface area contributed by atoms with Crippen molar-refractivity contribution in [2.24, 2.45) is 0 Å². The van der Waals surface area contributed by atoms with E-state index in [1.165, 1.54) is 16.9 Å². The van der Waals surface area contributed by atoms with Gasteiger partial charge in [0.25, 0.3) is 5.91 Å². The predicted molar refractivity (Wildman–Crippen MR) is 106 cm³/mol. The van der Waals surface area contributed by atoms with Gasteiger partial charge in [-0.15, -0.1) is 11.3 Å². The van der Waals surface area contributed by atoms with Gasteiger partial charge in [0.05, 0.1) is 11.3 Å². The Morgan fingerprint density at radius 2 is 2.04 bits per heavy atom. The molecular weight excluding hydrogens is 360 g/mol. The molecule has 138 valence electrons. The molecule has 0 fully saturated rings. The monoisotopic (exact) mass is 380 g/mol. The molecule has 0 unspecified atom stereocenters. The Labute approximate surface area is 161 Å². The van der Waals surface area contributed by atoms with Crippen molar-refractivity contribution in [3.63, 3.8) is 0 Å². The summed E-state index contributed by atoms with van der Waals surface area (Å²) in [4.78, 5) is 29.3. The predicted octanol–water partition coefficient (Wildman–Crippen LogP) is 5.10. The highest BCUT2D eigenvalue weighted by Gasteiger charge is 2.29. The average molecular weight is 380 g/mol. The van der Waals surface area contributed by atoms with E-state index in [4.69, 9.17) is 4.42 Å². The molecule has 0 radical (unpaired) electrons. The van der Waals surface area contributed by atoms with E-state index in [0.29, 0.717) is 34.9 Å². The fraction of sp³-hybridized carbons (Fsp3) is 0.286. The molecule has 0 atom stereocenters. The maximum atomic E-state index is 12.7. The van der Waals surface area contributed by atoms with Crippen molar-refractivity contribution in [3.8, 4) is 11.3 Å². The van der Waals surface area contributed by atoms with Gasteiger partial charge in [0, 0.05) is 29.3 Å². The molecule has 0 saturated heterocycles. The minimum atomic E-state index is -0.365. The van der Waals surface area contributed by atoms with Crippen LogP contribution in [0.3, 0.4) is 0 Å². The van der Waals surface area contributed by atoms with Crippen LogP contribution in [-0.2, 0) is 6.42 Å². The summed E-state index contributed by atoms with van der Waals surface area (Å²) in [6, 6.07) is 6.20. The molecule has 27 heavy (non-hydrogen) atoms. The third-order valence-electron chi connectivity index (χ3n) is 4.89. The van der Waals surface area contributed by atoms with Crippen LogP contribution in [-0.4, -0.2) is 16.7 Å². The first-order valence-corrected chi connectivity index (χ1v) is 9.82. The first-order chi connectivity index (χ1) is 12.9. The lowest BCUT2D eigenvalue weighted by atomic mass is 9.94. The second kappa shape index (κ2) is 6.78. The number of rotatable bonds is 3. The van der Waals surface area contributed by atoms with Crippen LogP contribution < -0.4 is 5.32 Å². The molecule has 4 rings (SSSR count). The number of furan rings is 1. The lowest BCUT2D eigenvalue weighted by Gasteiger charge is -2.07. The average Bonchev–Trinajstić information content (AvgIpc) is 3.20. The number of hydrogen-bond acceptors (Lipinski definition) is 5. The number of carbonyl (C=O) groups excluding carboxylic acids is 2. The summed E-state index contributed by atoms with van der Waals surface area (Å²) in [5.74, 6) is 0.529. The van der Waals surface area contributed by atoms with Crippen LogP contribution >= 0.6 is 11.3 Å². The third-order valence-corrected chi connectivity index (χ3v) is 5.65. The van der Waals surface area contributed by atoms with E-state index in [9.17, 15) is 9.59 Å². The number of fused-ring (bicyclic) bond motifs is 1. The van der Waals surface area contributed by atoms with Crippen LogP contribution in [0.1, 0.15) is 56.2 Å². The van der Waals surface area contributed by atoms with Crippen molar-refractivity contribution < 1.29 is 14.0 Å². The van der Waals surface area contributed by atoms with E-state index in [0.717, 1.165) is 23.2 Å². The highest BCUT2D eigenvalue weighted by atomic mass is 32.1. The number of thiazole rings is 1. The largest absolute Gasteiger partial charge is 0.455 e. The van der Waals surface area contributed by atoms with Crippen molar-refractivity contribution in [2.75, 3.05) is 5.32 Å². The molecule has 0 saturated carbocycles. The number of aromatic nitrogens is 1. The van der Waals surface area contributed by atoms with Gasteiger partial charge in [-0.2, -0.15) is 0 Å². The highest BCUT2D eigenvalue weighted by molar-refractivity contribution is 7.14. The molecule has 1 amide bonds. The second-order valence-corrected chi connectivity index (χ2v) is 7.80. The van der Waals surface area contributed by atoms with Crippen LogP contribution in [0.5, 0.6) is 0 Å². The summed E-state index contributed by atoms with van der Waals surface area (Å²) in [7, 11) is 0. The van der Waals surface area contributed by atoms with Crippen molar-refractivity contribution in [3.05, 3.63) is 57.4 Å². The number of amides is 1. The number of nitrogens with zero attached hydrogens (tertiary/aromatic N) is 1. The number of nitrogens with one attached hydrogen (secondary N) is 1. The minimum Gasteiger partial charge on any atom is -0.455 e. The number of carbonyl (C=O) groups is 2. The molecule has 5 nitrogen and oxygen atoms in total. The minimum absolute atomic E-state index is 0.0583. The summed E-state index contributed by atoms with van der Waals surface area (Å²) in [6.45, 7) is 5.87. The summed E-state index contributed by atoms with van der Waals surface area (Å²) in [5, 5.41) is 5.24. The molecule has 2 aromatic heterocycles. The molecule has 1 aromatic carbocycles. The molecule has 1 aliphatic carbocycles. The summed E-state index contributed by atoms with van der Waals surface area (Å²) < 4.78 is 5.71. The fourth-order valence-electron chi connectivity index (χ4n) is 3.57. The number of benzene rings is 1. The second-order valence-electron chi connectivity index (χ2n) is 6.94. The summed E-state index contributed by atoms with van der Waals surface area (Å²) >= 11 is 1.37. The summed E-state index contributed by atoms with van der Waals surface area (Å²) in [5.41, 5.74) is 5.43. The maximum absolute atomic E-state index is 12.7. The quantitative estimate of drug-likeness (QED) is 0.686. The van der Waals surface area contributed by atoms with E-state index in [2.05, 4.69) is 23.3 Å². The number of anilines is 1. The molecule has 0 spiro atoms. The molecule has 0 bridgehead atoms. The van der Waals surface area contributed by atoms with E-state index < -0.39 is 0 Å². The smallest absolute Gasteiger partial charge is 0.293 e. The number of aryl methyl sites for hydroxylation is 3. The zero-order chi connectivity index (χ0) is 19.1. The SMILES string of the molecule is Cc1ccc(-c2csc(NC(=O)c3oc4c(c3C)C(=O)CCC4)n2)c(C)c1. The molecule has 6 heteroatoms. The van der Waals surface area contributed by atoms with Crippen LogP contribution in [0.25, 0.3) is 11.3 Å². The van der Waals surface area contributed by atoms with E-state index in [1.807, 2.05) is 24.4 Å². The number of Topliss-reactive ketones (excluding diaryl/α,β-unsaturated/α-hetero) is 1. The lowest BCUT2D eigenvalue weighted by Crippen LogP contribution is -2.13. The Hall–Kier alpha value is -2.73. The maximum Gasteiger partial charge on any atom is 0.293 e. The van der Waals surface area contributed by atoms with Crippen LogP contribution in [0.15, 0.2) is 28.0 Å². The Morgan fingerprint density at radius 3 is 2.78 bits per heavy atom. The van der Waals surface area contributed by atoms with Gasteiger partial charge >= 0.3 is 0 Å². The van der Waals surface area contributed by atoms with Gasteiger partial charge in [-0.25, -0.2) is 4.98 Å². The van der Waals surface area contributed by atoms with Gasteiger partial charge in [0.2, 0.25) is 0 Å². The highest BCUT2D eigenvalue weighted by Crippen LogP contribution is 2.31. The Morgan fingerprint density at radius 1 is 1.22 bits per heavy atom. The standard InChI is InChI=1S/C21H20N2O3S/c1-11-7-8-14(12(2)9-11)15-10-27-21(22-15)23-20(25)19-13(3)18-16(24)5-4-6-17(18)26-19/h7-10H,4-6H2,1-3H3,(H,22,23,25). The van der Waals surface area contributed by atoms with Gasteiger partial charge in [0.15, 0.2) is 16.7 Å². The lowest BCUT2D eigenvalue weighted by molar-refractivity contribution is 0.0963. The van der Waals surface area contributed by atoms with Crippen molar-refractivity contribution in [1.29, 1.82) is 0 Å². The molecule has 0 aliphatic heterocycles. The fourth-order valence-corrected chi connectivity index (χ4v) is 4.28. The van der Waals surface area contributed by atoms with E-state index in [-0.39, 0.29) is 17.5 Å². The first kappa shape index (κ1) is 17.7. The van der Waals surface area contributed by atoms with Gasteiger partial charge < -0.3 is 4.42 Å². The topological polar surface area (TPSA) is 72.2 Å². The molecule has 3 aromatic rings. The zero-order valence-corrected chi connectivity index (χ0v) is 16.3. The number of hydrogen-bond donors (Lipinski definition) is 1. The molecule has 1 N–H and O–H groups in total. The van der Waals surface area contributed by atoms with Crippen molar-refractivity contribution in [1.82, 2.24) is 4.98 Å². The van der Waals surface area contributed by atoms with Gasteiger partial charge in [-0.3, -0.25) is 14.9 Å². The van der Waals surface area contributed by atoms with E-state index in [1.54, 1.807) is 6.92 Å². The Kier molecular flexibility index (Phi) is 4.44. The van der Waals surface area contributed by atoms with Gasteiger partial charge in [-0.05, 0) is 32.8 Å². The molecular formula is C21H20N2O3S.